The molecule has 0 atom stereocenters. The number of primary sulfonamides is 1. The van der Waals surface area contributed by atoms with Gasteiger partial charge in [-0.3, -0.25) is 4.79 Å². The maximum absolute atomic E-state index is 12.4. The quantitative estimate of drug-likeness (QED) is 0.552. The van der Waals surface area contributed by atoms with Crippen molar-refractivity contribution >= 4 is 26.9 Å². The average molecular weight is 430 g/mol. The molecule has 0 fully saturated rings. The first kappa shape index (κ1) is 21.5. The second-order valence-electron chi connectivity index (χ2n) is 6.82. The first-order chi connectivity index (χ1) is 14.2. The van der Waals surface area contributed by atoms with Crippen LogP contribution in [-0.4, -0.2) is 21.4 Å². The van der Waals surface area contributed by atoms with E-state index in [-0.39, 0.29) is 30.2 Å². The van der Waals surface area contributed by atoms with E-state index < -0.39 is 15.6 Å². The zero-order chi connectivity index (χ0) is 21.9. The SMILES string of the molecule is COc1ccc2c(C)c(CCC(=O)NCc3ccc(S(N)(=O)=O)cc3)c(=O)oc2c1. The Hall–Kier alpha value is -3.17. The predicted octanol–water partition coefficient (Wildman–Crippen LogP) is 2.01. The Labute approximate surface area is 173 Å². The fourth-order valence-corrected chi connectivity index (χ4v) is 3.63. The number of carbonyl (C=O) groups excluding carboxylic acids is 1. The summed E-state index contributed by atoms with van der Waals surface area (Å²) in [6.07, 6.45) is 0.356. The van der Waals surface area contributed by atoms with E-state index in [1.165, 1.54) is 19.2 Å². The molecular weight excluding hydrogens is 408 g/mol. The summed E-state index contributed by atoms with van der Waals surface area (Å²) in [6.45, 7) is 2.06. The Morgan fingerprint density at radius 3 is 2.50 bits per heavy atom. The summed E-state index contributed by atoms with van der Waals surface area (Å²) < 4.78 is 33.1. The number of carbonyl (C=O) groups is 1. The number of ether oxygens (including phenoxy) is 1. The maximum atomic E-state index is 12.4. The van der Waals surface area contributed by atoms with Gasteiger partial charge in [0.15, 0.2) is 0 Å². The van der Waals surface area contributed by atoms with Crippen LogP contribution in [0.3, 0.4) is 0 Å². The topological polar surface area (TPSA) is 129 Å². The largest absolute Gasteiger partial charge is 0.497 e. The van der Waals surface area contributed by atoms with E-state index >= 15 is 0 Å². The van der Waals surface area contributed by atoms with Crippen molar-refractivity contribution in [3.63, 3.8) is 0 Å². The van der Waals surface area contributed by atoms with E-state index in [0.29, 0.717) is 16.9 Å². The monoisotopic (exact) mass is 430 g/mol. The van der Waals surface area contributed by atoms with Crippen LogP contribution >= 0.6 is 0 Å². The van der Waals surface area contributed by atoms with E-state index in [4.69, 9.17) is 14.3 Å². The third-order valence-corrected chi connectivity index (χ3v) is 5.77. The fraction of sp³-hybridized carbons (Fsp3) is 0.238. The fourth-order valence-electron chi connectivity index (χ4n) is 3.12. The van der Waals surface area contributed by atoms with Crippen LogP contribution in [-0.2, 0) is 27.8 Å². The standard InChI is InChI=1S/C21H22N2O6S/c1-13-17-8-5-15(28-2)11-19(17)29-21(25)18(13)9-10-20(24)23-12-14-3-6-16(7-4-14)30(22,26)27/h3-8,11H,9-10,12H2,1-2H3,(H,23,24)(H2,22,26,27). The summed E-state index contributed by atoms with van der Waals surface area (Å²) in [6, 6.07) is 11.2. The van der Waals surface area contributed by atoms with Crippen molar-refractivity contribution in [2.45, 2.75) is 31.2 Å². The molecule has 3 aromatic rings. The van der Waals surface area contributed by atoms with Gasteiger partial charge in [-0.1, -0.05) is 12.1 Å². The van der Waals surface area contributed by atoms with Crippen LogP contribution in [0.1, 0.15) is 23.1 Å². The van der Waals surface area contributed by atoms with Crippen molar-refractivity contribution in [2.75, 3.05) is 7.11 Å². The minimum Gasteiger partial charge on any atom is -0.497 e. The number of benzene rings is 2. The lowest BCUT2D eigenvalue weighted by atomic mass is 10.0. The number of aryl methyl sites for hydroxylation is 1. The van der Waals surface area contributed by atoms with Gasteiger partial charge in [0.25, 0.3) is 0 Å². The molecule has 1 aromatic heterocycles. The third kappa shape index (κ3) is 4.87. The highest BCUT2D eigenvalue weighted by Gasteiger charge is 2.14. The lowest BCUT2D eigenvalue weighted by Gasteiger charge is -2.09. The molecule has 9 heteroatoms. The minimum absolute atomic E-state index is 0.00806. The Morgan fingerprint density at radius 2 is 1.87 bits per heavy atom. The van der Waals surface area contributed by atoms with E-state index in [1.54, 1.807) is 24.3 Å². The lowest BCUT2D eigenvalue weighted by Crippen LogP contribution is -2.24. The summed E-state index contributed by atoms with van der Waals surface area (Å²) >= 11 is 0. The van der Waals surface area contributed by atoms with Crippen molar-refractivity contribution in [3.05, 3.63) is 69.6 Å². The van der Waals surface area contributed by atoms with Crippen LogP contribution in [0, 0.1) is 6.92 Å². The molecule has 0 saturated carbocycles. The highest BCUT2D eigenvalue weighted by atomic mass is 32.2. The molecule has 0 aliphatic heterocycles. The normalized spacial score (nSPS) is 11.4. The Morgan fingerprint density at radius 1 is 1.17 bits per heavy atom. The molecule has 0 saturated heterocycles. The predicted molar refractivity (Wildman–Crippen MR) is 112 cm³/mol. The van der Waals surface area contributed by atoms with Crippen molar-refractivity contribution < 1.29 is 22.4 Å². The second kappa shape index (κ2) is 8.68. The number of amides is 1. The van der Waals surface area contributed by atoms with Crippen LogP contribution in [0.4, 0.5) is 0 Å². The second-order valence-corrected chi connectivity index (χ2v) is 8.38. The van der Waals surface area contributed by atoms with Gasteiger partial charge in [-0.25, -0.2) is 18.4 Å². The van der Waals surface area contributed by atoms with Crippen LogP contribution in [0.15, 0.2) is 56.6 Å². The smallest absolute Gasteiger partial charge is 0.339 e. The Bertz CT molecular complexity index is 1250. The molecular formula is C21H22N2O6S. The molecule has 30 heavy (non-hydrogen) atoms. The minimum atomic E-state index is -3.75. The summed E-state index contributed by atoms with van der Waals surface area (Å²) in [5.74, 6) is 0.355. The zero-order valence-electron chi connectivity index (χ0n) is 16.6. The molecule has 8 nitrogen and oxygen atoms in total. The molecule has 2 aromatic carbocycles. The highest BCUT2D eigenvalue weighted by Crippen LogP contribution is 2.24. The molecule has 0 aliphatic rings. The Kier molecular flexibility index (Phi) is 6.23. The van der Waals surface area contributed by atoms with E-state index in [1.807, 2.05) is 13.0 Å². The first-order valence-corrected chi connectivity index (χ1v) is 10.7. The summed E-state index contributed by atoms with van der Waals surface area (Å²) in [4.78, 5) is 24.6. The molecule has 3 rings (SSSR count). The number of nitrogens with one attached hydrogen (secondary N) is 1. The number of nitrogens with two attached hydrogens (primary N) is 1. The number of fused-ring (bicyclic) bond motifs is 1. The van der Waals surface area contributed by atoms with Gasteiger partial charge < -0.3 is 14.5 Å². The molecule has 0 aliphatic carbocycles. The van der Waals surface area contributed by atoms with Crippen LogP contribution < -0.4 is 20.8 Å². The first-order valence-electron chi connectivity index (χ1n) is 9.18. The van der Waals surface area contributed by atoms with Crippen LogP contribution in [0.5, 0.6) is 5.75 Å². The van der Waals surface area contributed by atoms with Crippen molar-refractivity contribution in [1.29, 1.82) is 0 Å². The molecule has 1 amide bonds. The molecule has 0 bridgehead atoms. The van der Waals surface area contributed by atoms with Crippen molar-refractivity contribution in [1.82, 2.24) is 5.32 Å². The molecule has 0 spiro atoms. The number of sulfonamides is 1. The van der Waals surface area contributed by atoms with Gasteiger partial charge in [-0.2, -0.15) is 0 Å². The number of methoxy groups -OCH3 is 1. The third-order valence-electron chi connectivity index (χ3n) is 4.84. The van der Waals surface area contributed by atoms with Gasteiger partial charge in [0.05, 0.1) is 12.0 Å². The van der Waals surface area contributed by atoms with Gasteiger partial charge in [0.1, 0.15) is 11.3 Å². The van der Waals surface area contributed by atoms with E-state index in [9.17, 15) is 18.0 Å². The van der Waals surface area contributed by atoms with Crippen LogP contribution in [0.25, 0.3) is 11.0 Å². The van der Waals surface area contributed by atoms with Crippen LogP contribution in [0.2, 0.25) is 0 Å². The van der Waals surface area contributed by atoms with E-state index in [2.05, 4.69) is 5.32 Å². The molecule has 0 radical (unpaired) electrons. The zero-order valence-corrected chi connectivity index (χ0v) is 17.4. The van der Waals surface area contributed by atoms with Crippen molar-refractivity contribution in [2.24, 2.45) is 5.14 Å². The number of hydrogen-bond acceptors (Lipinski definition) is 6. The lowest BCUT2D eigenvalue weighted by molar-refractivity contribution is -0.121. The number of rotatable bonds is 7. The summed E-state index contributed by atoms with van der Waals surface area (Å²) in [7, 11) is -2.22. The average Bonchev–Trinajstić information content (AvgIpc) is 2.71. The molecule has 3 N–H and O–H groups in total. The molecule has 0 unspecified atom stereocenters. The van der Waals surface area contributed by atoms with Crippen molar-refractivity contribution in [3.8, 4) is 5.75 Å². The Balaban J connectivity index is 1.64. The van der Waals surface area contributed by atoms with Gasteiger partial charge >= 0.3 is 5.63 Å². The molecule has 158 valence electrons. The highest BCUT2D eigenvalue weighted by molar-refractivity contribution is 7.89. The van der Waals surface area contributed by atoms with Gasteiger partial charge in [-0.05, 0) is 48.7 Å². The maximum Gasteiger partial charge on any atom is 0.339 e. The summed E-state index contributed by atoms with van der Waals surface area (Å²) in [5, 5.41) is 8.60. The van der Waals surface area contributed by atoms with Gasteiger partial charge in [0.2, 0.25) is 15.9 Å². The van der Waals surface area contributed by atoms with Gasteiger partial charge in [0, 0.05) is 30.0 Å². The summed E-state index contributed by atoms with van der Waals surface area (Å²) in [5.41, 5.74) is 1.93. The number of hydrogen-bond donors (Lipinski definition) is 2. The molecule has 1 heterocycles. The van der Waals surface area contributed by atoms with Gasteiger partial charge in [-0.15, -0.1) is 0 Å². The van der Waals surface area contributed by atoms with E-state index in [0.717, 1.165) is 16.5 Å².